The van der Waals surface area contributed by atoms with Crippen LogP contribution in [0.1, 0.15) is 24.6 Å². The topological polar surface area (TPSA) is 42.7 Å². The molecule has 90 valence electrons. The van der Waals surface area contributed by atoms with Gasteiger partial charge in [0.05, 0.1) is 5.69 Å². The van der Waals surface area contributed by atoms with E-state index in [1.807, 2.05) is 30.1 Å². The molecular weight excluding hydrogens is 212 g/mol. The van der Waals surface area contributed by atoms with Gasteiger partial charge in [-0.25, -0.2) is 4.68 Å². The van der Waals surface area contributed by atoms with Crippen LogP contribution in [0.5, 0.6) is 0 Å². The zero-order chi connectivity index (χ0) is 12.1. The Morgan fingerprint density at radius 1 is 1.41 bits per heavy atom. The minimum Gasteiger partial charge on any atom is -0.313 e. The Labute approximate surface area is 102 Å². The Morgan fingerprint density at radius 2 is 2.29 bits per heavy atom. The molecule has 0 saturated carbocycles. The van der Waals surface area contributed by atoms with Crippen LogP contribution in [0.2, 0.25) is 0 Å². The van der Waals surface area contributed by atoms with E-state index in [-0.39, 0.29) is 0 Å². The van der Waals surface area contributed by atoms with Crippen LogP contribution in [0.3, 0.4) is 0 Å². The summed E-state index contributed by atoms with van der Waals surface area (Å²) < 4.78 is 1.89. The molecule has 17 heavy (non-hydrogen) atoms. The van der Waals surface area contributed by atoms with Crippen molar-refractivity contribution in [3.63, 3.8) is 0 Å². The minimum atomic E-state index is 0.830. The molecule has 0 amide bonds. The van der Waals surface area contributed by atoms with Gasteiger partial charge in [0, 0.05) is 36.4 Å². The van der Waals surface area contributed by atoms with Crippen LogP contribution in [0, 0.1) is 6.92 Å². The van der Waals surface area contributed by atoms with Crippen molar-refractivity contribution in [3.8, 4) is 5.69 Å². The maximum Gasteiger partial charge on any atom is 0.0723 e. The molecule has 2 aromatic heterocycles. The Balaban J connectivity index is 2.25. The average Bonchev–Trinajstić information content (AvgIpc) is 2.85. The molecule has 2 rings (SSSR count). The van der Waals surface area contributed by atoms with Gasteiger partial charge in [-0.15, -0.1) is 0 Å². The zero-order valence-electron chi connectivity index (χ0n) is 10.3. The van der Waals surface area contributed by atoms with Crippen molar-refractivity contribution in [2.45, 2.75) is 26.8 Å². The molecule has 0 unspecified atom stereocenters. The Kier molecular flexibility index (Phi) is 3.88. The quantitative estimate of drug-likeness (QED) is 0.800. The highest BCUT2D eigenvalue weighted by Crippen LogP contribution is 2.13. The molecule has 0 fully saturated rings. The maximum absolute atomic E-state index is 4.35. The summed E-state index contributed by atoms with van der Waals surface area (Å²) >= 11 is 0. The SMILES string of the molecule is CCCNCc1cnc(C)cc1-n1cccn1. The van der Waals surface area contributed by atoms with Gasteiger partial charge in [0.25, 0.3) is 0 Å². The predicted octanol–water partition coefficient (Wildman–Crippen LogP) is 2.08. The molecule has 0 aliphatic rings. The van der Waals surface area contributed by atoms with Crippen molar-refractivity contribution in [1.82, 2.24) is 20.1 Å². The van der Waals surface area contributed by atoms with Crippen molar-refractivity contribution in [1.29, 1.82) is 0 Å². The first-order valence-corrected chi connectivity index (χ1v) is 5.97. The maximum atomic E-state index is 4.35. The Morgan fingerprint density at radius 3 is 3.00 bits per heavy atom. The summed E-state index contributed by atoms with van der Waals surface area (Å²) in [5.41, 5.74) is 3.29. The van der Waals surface area contributed by atoms with Crippen LogP contribution >= 0.6 is 0 Å². The van der Waals surface area contributed by atoms with E-state index in [2.05, 4.69) is 28.4 Å². The third kappa shape index (κ3) is 2.91. The van der Waals surface area contributed by atoms with E-state index in [1.54, 1.807) is 6.20 Å². The Bertz CT molecular complexity index is 462. The second-order valence-electron chi connectivity index (χ2n) is 4.08. The van der Waals surface area contributed by atoms with E-state index in [1.165, 1.54) is 5.56 Å². The third-order valence-electron chi connectivity index (χ3n) is 2.59. The summed E-state index contributed by atoms with van der Waals surface area (Å²) in [7, 11) is 0. The lowest BCUT2D eigenvalue weighted by atomic mass is 10.2. The molecule has 0 saturated heterocycles. The fraction of sp³-hybridized carbons (Fsp3) is 0.385. The highest BCUT2D eigenvalue weighted by molar-refractivity contribution is 5.39. The van der Waals surface area contributed by atoms with Gasteiger partial charge in [-0.1, -0.05) is 6.92 Å². The van der Waals surface area contributed by atoms with E-state index in [9.17, 15) is 0 Å². The molecular formula is C13H18N4. The van der Waals surface area contributed by atoms with Crippen LogP contribution in [0.25, 0.3) is 5.69 Å². The summed E-state index contributed by atoms with van der Waals surface area (Å²) in [5, 5.41) is 7.67. The lowest BCUT2D eigenvalue weighted by Gasteiger charge is -2.10. The second-order valence-corrected chi connectivity index (χ2v) is 4.08. The zero-order valence-corrected chi connectivity index (χ0v) is 10.3. The molecule has 4 nitrogen and oxygen atoms in total. The molecule has 1 N–H and O–H groups in total. The van der Waals surface area contributed by atoms with Gasteiger partial charge in [0.15, 0.2) is 0 Å². The first kappa shape index (κ1) is 11.8. The molecule has 4 heteroatoms. The fourth-order valence-corrected chi connectivity index (χ4v) is 1.73. The van der Waals surface area contributed by atoms with Crippen LogP contribution in [0.4, 0.5) is 0 Å². The summed E-state index contributed by atoms with van der Waals surface area (Å²) in [4.78, 5) is 4.35. The number of hydrogen-bond donors (Lipinski definition) is 1. The van der Waals surface area contributed by atoms with Gasteiger partial charge in [-0.2, -0.15) is 5.10 Å². The van der Waals surface area contributed by atoms with E-state index >= 15 is 0 Å². The largest absolute Gasteiger partial charge is 0.313 e. The summed E-state index contributed by atoms with van der Waals surface area (Å²) in [6.45, 7) is 6.01. The summed E-state index contributed by atoms with van der Waals surface area (Å²) in [6.07, 6.45) is 6.81. The fourth-order valence-electron chi connectivity index (χ4n) is 1.73. The van der Waals surface area contributed by atoms with Crippen LogP contribution < -0.4 is 5.32 Å². The van der Waals surface area contributed by atoms with Gasteiger partial charge in [-0.3, -0.25) is 4.98 Å². The molecule has 0 aliphatic heterocycles. The first-order valence-electron chi connectivity index (χ1n) is 5.97. The van der Waals surface area contributed by atoms with Gasteiger partial charge < -0.3 is 5.32 Å². The molecule has 0 aliphatic carbocycles. The van der Waals surface area contributed by atoms with Gasteiger partial charge in [0.1, 0.15) is 0 Å². The average molecular weight is 230 g/mol. The van der Waals surface area contributed by atoms with Crippen molar-refractivity contribution in [2.24, 2.45) is 0 Å². The highest BCUT2D eigenvalue weighted by atomic mass is 15.3. The lowest BCUT2D eigenvalue weighted by Crippen LogP contribution is -2.16. The van der Waals surface area contributed by atoms with Crippen molar-refractivity contribution >= 4 is 0 Å². The standard InChI is InChI=1S/C13H18N4/c1-3-5-14-9-12-10-15-11(2)8-13(12)17-7-4-6-16-17/h4,6-8,10,14H,3,5,9H2,1-2H3. The number of aryl methyl sites for hydroxylation is 1. The van der Waals surface area contributed by atoms with E-state index in [0.717, 1.165) is 30.9 Å². The normalized spacial score (nSPS) is 10.7. The van der Waals surface area contributed by atoms with E-state index in [4.69, 9.17) is 0 Å². The number of nitrogens with zero attached hydrogens (tertiary/aromatic N) is 3. The Hall–Kier alpha value is -1.68. The number of aromatic nitrogens is 3. The smallest absolute Gasteiger partial charge is 0.0723 e. The third-order valence-corrected chi connectivity index (χ3v) is 2.59. The molecule has 0 atom stereocenters. The summed E-state index contributed by atoms with van der Waals surface area (Å²) in [6, 6.07) is 4.00. The van der Waals surface area contributed by atoms with Crippen molar-refractivity contribution < 1.29 is 0 Å². The highest BCUT2D eigenvalue weighted by Gasteiger charge is 2.05. The number of hydrogen-bond acceptors (Lipinski definition) is 3. The first-order chi connectivity index (χ1) is 8.31. The molecule has 0 bridgehead atoms. The minimum absolute atomic E-state index is 0.830. The molecule has 0 aromatic carbocycles. The van der Waals surface area contributed by atoms with Gasteiger partial charge in [0.2, 0.25) is 0 Å². The molecule has 0 spiro atoms. The van der Waals surface area contributed by atoms with Crippen LogP contribution in [0.15, 0.2) is 30.7 Å². The van der Waals surface area contributed by atoms with Gasteiger partial charge >= 0.3 is 0 Å². The lowest BCUT2D eigenvalue weighted by molar-refractivity contribution is 0.668. The van der Waals surface area contributed by atoms with Gasteiger partial charge in [-0.05, 0) is 32.0 Å². The molecule has 0 radical (unpaired) electrons. The van der Waals surface area contributed by atoms with E-state index < -0.39 is 0 Å². The van der Waals surface area contributed by atoms with E-state index in [0.29, 0.717) is 0 Å². The predicted molar refractivity (Wildman–Crippen MR) is 68.1 cm³/mol. The monoisotopic (exact) mass is 230 g/mol. The van der Waals surface area contributed by atoms with Crippen LogP contribution in [-0.2, 0) is 6.54 Å². The number of rotatable bonds is 5. The molecule has 2 heterocycles. The summed E-state index contributed by atoms with van der Waals surface area (Å²) in [5.74, 6) is 0. The number of pyridine rings is 1. The number of nitrogens with one attached hydrogen (secondary N) is 1. The van der Waals surface area contributed by atoms with Crippen molar-refractivity contribution in [2.75, 3.05) is 6.54 Å². The van der Waals surface area contributed by atoms with Crippen molar-refractivity contribution in [3.05, 3.63) is 42.0 Å². The van der Waals surface area contributed by atoms with Crippen LogP contribution in [-0.4, -0.2) is 21.3 Å². The molecule has 2 aromatic rings. The second kappa shape index (κ2) is 5.59.